The fraction of sp³-hybridized carbons (Fsp3) is 0.700. The lowest BCUT2D eigenvalue weighted by Gasteiger charge is -2.21. The Balaban J connectivity index is 2.45. The van der Waals surface area contributed by atoms with Gasteiger partial charge in [0.05, 0.1) is 6.54 Å². The van der Waals surface area contributed by atoms with Crippen molar-refractivity contribution in [1.82, 2.24) is 4.90 Å². The Morgan fingerprint density at radius 2 is 2.29 bits per heavy atom. The lowest BCUT2D eigenvalue weighted by molar-refractivity contribution is -0.141. The van der Waals surface area contributed by atoms with Gasteiger partial charge in [0.25, 0.3) is 0 Å². The highest BCUT2D eigenvalue weighted by molar-refractivity contribution is 5.78. The third-order valence-corrected chi connectivity index (χ3v) is 2.47. The molecule has 1 rings (SSSR count). The summed E-state index contributed by atoms with van der Waals surface area (Å²) in [6, 6.07) is 0. The Morgan fingerprint density at radius 3 is 2.71 bits per heavy atom. The van der Waals surface area contributed by atoms with Crippen LogP contribution in [0.2, 0.25) is 0 Å². The molecule has 0 bridgehead atoms. The molecule has 1 unspecified atom stereocenters. The molecular formula is C10H17NO3. The van der Waals surface area contributed by atoms with Crippen LogP contribution < -0.4 is 0 Å². The highest BCUT2D eigenvalue weighted by Gasteiger charge is 2.29. The quantitative estimate of drug-likeness (QED) is 0.482. The SMILES string of the molecule is C=CC1CC(=O)N(CC(OC)OC)C1. The van der Waals surface area contributed by atoms with Gasteiger partial charge in [0.1, 0.15) is 0 Å². The first kappa shape index (κ1) is 11.2. The molecule has 1 atom stereocenters. The highest BCUT2D eigenvalue weighted by atomic mass is 16.7. The van der Waals surface area contributed by atoms with E-state index < -0.39 is 0 Å². The maximum atomic E-state index is 11.5. The zero-order valence-electron chi connectivity index (χ0n) is 8.73. The first-order valence-corrected chi connectivity index (χ1v) is 4.67. The van der Waals surface area contributed by atoms with E-state index in [4.69, 9.17) is 9.47 Å². The van der Waals surface area contributed by atoms with Gasteiger partial charge in [0.2, 0.25) is 5.91 Å². The molecule has 80 valence electrons. The highest BCUT2D eigenvalue weighted by Crippen LogP contribution is 2.18. The zero-order valence-corrected chi connectivity index (χ0v) is 8.73. The first-order chi connectivity index (χ1) is 6.71. The topological polar surface area (TPSA) is 38.8 Å². The molecule has 0 aromatic heterocycles. The predicted octanol–water partition coefficient (Wildman–Crippen LogP) is 0.640. The molecule has 1 heterocycles. The number of ether oxygens (including phenoxy) is 2. The summed E-state index contributed by atoms with van der Waals surface area (Å²) in [5, 5.41) is 0. The van der Waals surface area contributed by atoms with Gasteiger partial charge in [-0.15, -0.1) is 6.58 Å². The first-order valence-electron chi connectivity index (χ1n) is 4.67. The Morgan fingerprint density at radius 1 is 1.64 bits per heavy atom. The molecular weight excluding hydrogens is 182 g/mol. The van der Waals surface area contributed by atoms with Crippen LogP contribution in [-0.4, -0.2) is 44.4 Å². The Hall–Kier alpha value is -0.870. The van der Waals surface area contributed by atoms with Crippen LogP contribution in [-0.2, 0) is 14.3 Å². The summed E-state index contributed by atoms with van der Waals surface area (Å²) in [6.45, 7) is 4.91. The van der Waals surface area contributed by atoms with E-state index >= 15 is 0 Å². The van der Waals surface area contributed by atoms with E-state index in [9.17, 15) is 4.79 Å². The summed E-state index contributed by atoms with van der Waals surface area (Å²) < 4.78 is 10.1. The molecule has 0 aliphatic carbocycles. The number of methoxy groups -OCH3 is 2. The van der Waals surface area contributed by atoms with Crippen LogP contribution in [0.4, 0.5) is 0 Å². The molecule has 0 spiro atoms. The summed E-state index contributed by atoms with van der Waals surface area (Å²) in [5.74, 6) is 0.422. The van der Waals surface area contributed by atoms with Crippen molar-refractivity contribution in [2.75, 3.05) is 27.3 Å². The molecule has 4 heteroatoms. The van der Waals surface area contributed by atoms with Crippen molar-refractivity contribution in [3.8, 4) is 0 Å². The average Bonchev–Trinajstić information content (AvgIpc) is 2.56. The Bertz CT molecular complexity index is 213. The van der Waals surface area contributed by atoms with Crippen molar-refractivity contribution in [2.45, 2.75) is 12.7 Å². The second kappa shape index (κ2) is 5.12. The van der Waals surface area contributed by atoms with Gasteiger partial charge in [-0.3, -0.25) is 4.79 Å². The second-order valence-corrected chi connectivity index (χ2v) is 3.40. The molecule has 1 amide bonds. The number of hydrogen-bond donors (Lipinski definition) is 0. The molecule has 1 aliphatic rings. The van der Waals surface area contributed by atoms with Crippen molar-refractivity contribution in [3.63, 3.8) is 0 Å². The molecule has 14 heavy (non-hydrogen) atoms. The van der Waals surface area contributed by atoms with Gasteiger partial charge in [0, 0.05) is 33.1 Å². The van der Waals surface area contributed by atoms with Crippen LogP contribution in [0.15, 0.2) is 12.7 Å². The monoisotopic (exact) mass is 199 g/mol. The van der Waals surface area contributed by atoms with E-state index in [1.54, 1.807) is 19.1 Å². The lowest BCUT2D eigenvalue weighted by atomic mass is 10.1. The van der Waals surface area contributed by atoms with Crippen LogP contribution in [0.25, 0.3) is 0 Å². The van der Waals surface area contributed by atoms with E-state index in [1.165, 1.54) is 0 Å². The van der Waals surface area contributed by atoms with E-state index in [0.29, 0.717) is 13.0 Å². The largest absolute Gasteiger partial charge is 0.354 e. The summed E-state index contributed by atoms with van der Waals surface area (Å²) in [7, 11) is 3.14. The minimum Gasteiger partial charge on any atom is -0.354 e. The molecule has 1 aliphatic heterocycles. The van der Waals surface area contributed by atoms with E-state index in [0.717, 1.165) is 6.54 Å². The normalized spacial score (nSPS) is 22.1. The van der Waals surface area contributed by atoms with Gasteiger partial charge < -0.3 is 14.4 Å². The number of carbonyl (C=O) groups excluding carboxylic acids is 1. The van der Waals surface area contributed by atoms with Crippen LogP contribution >= 0.6 is 0 Å². The number of amides is 1. The van der Waals surface area contributed by atoms with Crippen LogP contribution in [0, 0.1) is 5.92 Å². The van der Waals surface area contributed by atoms with Crippen LogP contribution in [0.1, 0.15) is 6.42 Å². The number of nitrogens with zero attached hydrogens (tertiary/aromatic N) is 1. The third-order valence-electron chi connectivity index (χ3n) is 2.47. The fourth-order valence-electron chi connectivity index (χ4n) is 1.56. The van der Waals surface area contributed by atoms with Crippen molar-refractivity contribution in [3.05, 3.63) is 12.7 Å². The van der Waals surface area contributed by atoms with Gasteiger partial charge in [0.15, 0.2) is 6.29 Å². The molecule has 4 nitrogen and oxygen atoms in total. The number of likely N-dealkylation sites (tertiary alicyclic amines) is 1. The number of carbonyl (C=O) groups is 1. The maximum absolute atomic E-state index is 11.5. The lowest BCUT2D eigenvalue weighted by Crippen LogP contribution is -2.35. The molecule has 0 aromatic carbocycles. The summed E-state index contributed by atoms with van der Waals surface area (Å²) >= 11 is 0. The van der Waals surface area contributed by atoms with E-state index in [1.807, 2.05) is 6.08 Å². The number of rotatable bonds is 5. The fourth-order valence-corrected chi connectivity index (χ4v) is 1.56. The summed E-state index contributed by atoms with van der Waals surface area (Å²) in [6.07, 6.45) is 2.05. The zero-order chi connectivity index (χ0) is 10.6. The average molecular weight is 199 g/mol. The van der Waals surface area contributed by atoms with Crippen molar-refractivity contribution in [2.24, 2.45) is 5.92 Å². The third kappa shape index (κ3) is 2.56. The van der Waals surface area contributed by atoms with Crippen molar-refractivity contribution in [1.29, 1.82) is 0 Å². The second-order valence-electron chi connectivity index (χ2n) is 3.40. The summed E-state index contributed by atoms with van der Waals surface area (Å²) in [4.78, 5) is 13.2. The predicted molar refractivity (Wildman–Crippen MR) is 52.7 cm³/mol. The van der Waals surface area contributed by atoms with Gasteiger partial charge in [-0.2, -0.15) is 0 Å². The maximum Gasteiger partial charge on any atom is 0.223 e. The number of hydrogen-bond acceptors (Lipinski definition) is 3. The molecule has 0 saturated carbocycles. The molecule has 1 saturated heterocycles. The standard InChI is InChI=1S/C10H17NO3/c1-4-8-5-9(12)11(6-8)7-10(13-2)14-3/h4,8,10H,1,5-7H2,2-3H3. The van der Waals surface area contributed by atoms with Gasteiger partial charge in [-0.05, 0) is 0 Å². The molecule has 0 N–H and O–H groups in total. The Kier molecular flexibility index (Phi) is 4.10. The van der Waals surface area contributed by atoms with Gasteiger partial charge in [-0.1, -0.05) is 6.08 Å². The molecule has 0 aromatic rings. The van der Waals surface area contributed by atoms with Crippen molar-refractivity contribution >= 4 is 5.91 Å². The minimum absolute atomic E-state index is 0.147. The smallest absolute Gasteiger partial charge is 0.223 e. The summed E-state index contributed by atoms with van der Waals surface area (Å²) in [5.41, 5.74) is 0. The van der Waals surface area contributed by atoms with Crippen LogP contribution in [0.3, 0.4) is 0 Å². The molecule has 0 radical (unpaired) electrons. The van der Waals surface area contributed by atoms with E-state index in [2.05, 4.69) is 6.58 Å². The minimum atomic E-state index is -0.331. The van der Waals surface area contributed by atoms with Gasteiger partial charge >= 0.3 is 0 Å². The van der Waals surface area contributed by atoms with Crippen molar-refractivity contribution < 1.29 is 14.3 Å². The van der Waals surface area contributed by atoms with Crippen LogP contribution in [0.5, 0.6) is 0 Å². The molecule has 1 fully saturated rings. The Labute approximate surface area is 84.5 Å². The van der Waals surface area contributed by atoms with Gasteiger partial charge in [-0.25, -0.2) is 0 Å². The van der Waals surface area contributed by atoms with E-state index in [-0.39, 0.29) is 18.1 Å².